The Morgan fingerprint density at radius 1 is 1.44 bits per heavy atom. The van der Waals surface area contributed by atoms with Crippen molar-refractivity contribution in [3.63, 3.8) is 0 Å². The fourth-order valence-corrected chi connectivity index (χ4v) is 2.27. The zero-order valence-electron chi connectivity index (χ0n) is 10.7. The van der Waals surface area contributed by atoms with E-state index in [0.717, 1.165) is 19.3 Å². The molecule has 0 aliphatic heterocycles. The Balaban J connectivity index is 2.09. The lowest BCUT2D eigenvalue weighted by atomic mass is 10.2. The van der Waals surface area contributed by atoms with Crippen molar-refractivity contribution in [1.82, 2.24) is 15.1 Å². The number of rotatable bonds is 4. The van der Waals surface area contributed by atoms with Crippen LogP contribution in [0.1, 0.15) is 49.5 Å². The van der Waals surface area contributed by atoms with Crippen molar-refractivity contribution in [2.24, 2.45) is 0 Å². The van der Waals surface area contributed by atoms with Gasteiger partial charge in [-0.3, -0.25) is 9.59 Å². The van der Waals surface area contributed by atoms with Gasteiger partial charge in [-0.2, -0.15) is 5.10 Å². The second kappa shape index (κ2) is 5.80. The first-order valence-corrected chi connectivity index (χ1v) is 6.59. The number of hydrogen-bond acceptors (Lipinski definition) is 3. The van der Waals surface area contributed by atoms with Crippen LogP contribution in [0, 0.1) is 0 Å². The van der Waals surface area contributed by atoms with Crippen LogP contribution in [0.4, 0.5) is 0 Å². The number of hydrogen-bond donors (Lipinski definition) is 1. The molecule has 0 saturated heterocycles. The lowest BCUT2D eigenvalue weighted by Crippen LogP contribution is -2.35. The fourth-order valence-electron chi connectivity index (χ4n) is 2.27. The van der Waals surface area contributed by atoms with E-state index < -0.39 is 0 Å². The molecule has 1 fully saturated rings. The van der Waals surface area contributed by atoms with Crippen molar-refractivity contribution in [3.8, 4) is 0 Å². The maximum absolute atomic E-state index is 12.0. The van der Waals surface area contributed by atoms with Gasteiger partial charge in [-0.25, -0.2) is 4.68 Å². The molecule has 2 rings (SSSR count). The molecule has 0 aromatic carbocycles. The Bertz CT molecular complexity index is 475. The molecule has 1 aliphatic rings. The van der Waals surface area contributed by atoms with Crippen LogP contribution in [0.2, 0.25) is 0 Å². The predicted molar refractivity (Wildman–Crippen MR) is 68.5 cm³/mol. The van der Waals surface area contributed by atoms with Crippen LogP contribution in [0.25, 0.3) is 0 Å². The average Bonchev–Trinajstić information content (AvgIpc) is 2.85. The lowest BCUT2D eigenvalue weighted by molar-refractivity contribution is 0.0930. The van der Waals surface area contributed by atoms with E-state index in [1.807, 2.05) is 6.92 Å². The molecule has 0 bridgehead atoms. The van der Waals surface area contributed by atoms with Gasteiger partial charge in [0.25, 0.3) is 11.5 Å². The Hall–Kier alpha value is -1.65. The summed E-state index contributed by atoms with van der Waals surface area (Å²) in [6, 6.07) is 3.18. The van der Waals surface area contributed by atoms with Gasteiger partial charge >= 0.3 is 0 Å². The molecule has 0 atom stereocenters. The van der Waals surface area contributed by atoms with Gasteiger partial charge in [0.15, 0.2) is 0 Å². The topological polar surface area (TPSA) is 64.0 Å². The summed E-state index contributed by atoms with van der Waals surface area (Å²) < 4.78 is 1.35. The number of carbonyl (C=O) groups excluding carboxylic acids is 1. The third kappa shape index (κ3) is 2.97. The highest BCUT2D eigenvalue weighted by Gasteiger charge is 2.18. The summed E-state index contributed by atoms with van der Waals surface area (Å²) >= 11 is 0. The SMILES string of the molecule is CCCn1nc(C(=O)NC2CCCC2)ccc1=O. The summed E-state index contributed by atoms with van der Waals surface area (Å²) in [6.07, 6.45) is 5.25. The minimum atomic E-state index is -0.174. The van der Waals surface area contributed by atoms with Crippen molar-refractivity contribution < 1.29 is 4.79 Å². The second-order valence-corrected chi connectivity index (χ2v) is 4.73. The van der Waals surface area contributed by atoms with Crippen molar-refractivity contribution in [2.75, 3.05) is 0 Å². The van der Waals surface area contributed by atoms with Crippen molar-refractivity contribution in [2.45, 2.75) is 51.6 Å². The molecule has 1 aliphatic carbocycles. The Kier molecular flexibility index (Phi) is 4.12. The largest absolute Gasteiger partial charge is 0.348 e. The van der Waals surface area contributed by atoms with Gasteiger partial charge in [0, 0.05) is 18.7 Å². The first-order valence-electron chi connectivity index (χ1n) is 6.59. The molecular formula is C13H19N3O2. The van der Waals surface area contributed by atoms with Crippen LogP contribution in [0.15, 0.2) is 16.9 Å². The molecule has 1 aromatic rings. The molecule has 1 heterocycles. The van der Waals surface area contributed by atoms with Gasteiger partial charge in [-0.05, 0) is 25.3 Å². The van der Waals surface area contributed by atoms with Crippen LogP contribution in [0.3, 0.4) is 0 Å². The maximum Gasteiger partial charge on any atom is 0.271 e. The van der Waals surface area contributed by atoms with E-state index in [2.05, 4.69) is 10.4 Å². The van der Waals surface area contributed by atoms with Crippen molar-refractivity contribution >= 4 is 5.91 Å². The molecule has 1 saturated carbocycles. The van der Waals surface area contributed by atoms with Crippen LogP contribution < -0.4 is 10.9 Å². The van der Waals surface area contributed by atoms with E-state index in [1.165, 1.54) is 29.7 Å². The van der Waals surface area contributed by atoms with Crippen molar-refractivity contribution in [1.29, 1.82) is 0 Å². The molecular weight excluding hydrogens is 230 g/mol. The third-order valence-electron chi connectivity index (χ3n) is 3.23. The first kappa shape index (κ1) is 12.8. The molecule has 1 N–H and O–H groups in total. The monoisotopic (exact) mass is 249 g/mol. The standard InChI is InChI=1S/C13H19N3O2/c1-2-9-16-12(17)8-7-11(15-16)13(18)14-10-5-3-4-6-10/h7-8,10H,2-6,9H2,1H3,(H,14,18). The highest BCUT2D eigenvalue weighted by Crippen LogP contribution is 2.17. The molecule has 18 heavy (non-hydrogen) atoms. The van der Waals surface area contributed by atoms with Gasteiger partial charge in [-0.15, -0.1) is 0 Å². The van der Waals surface area contributed by atoms with Gasteiger partial charge in [0.1, 0.15) is 5.69 Å². The summed E-state index contributed by atoms with van der Waals surface area (Å²) in [5.74, 6) is -0.174. The molecule has 0 unspecified atom stereocenters. The van der Waals surface area contributed by atoms with Crippen LogP contribution in [-0.2, 0) is 6.54 Å². The van der Waals surface area contributed by atoms with E-state index in [0.29, 0.717) is 12.2 Å². The van der Waals surface area contributed by atoms with Gasteiger partial charge in [-0.1, -0.05) is 19.8 Å². The maximum atomic E-state index is 12.0. The molecule has 98 valence electrons. The Morgan fingerprint density at radius 3 is 2.83 bits per heavy atom. The number of aromatic nitrogens is 2. The number of nitrogens with one attached hydrogen (secondary N) is 1. The minimum absolute atomic E-state index is 0.158. The lowest BCUT2D eigenvalue weighted by Gasteiger charge is -2.11. The van der Waals surface area contributed by atoms with Gasteiger partial charge in [0.05, 0.1) is 0 Å². The Morgan fingerprint density at radius 2 is 2.17 bits per heavy atom. The first-order chi connectivity index (χ1) is 8.70. The van der Waals surface area contributed by atoms with E-state index in [9.17, 15) is 9.59 Å². The molecule has 5 nitrogen and oxygen atoms in total. The van der Waals surface area contributed by atoms with Crippen LogP contribution in [0.5, 0.6) is 0 Å². The average molecular weight is 249 g/mol. The molecule has 5 heteroatoms. The van der Waals surface area contributed by atoms with E-state index >= 15 is 0 Å². The summed E-state index contributed by atoms with van der Waals surface area (Å²) in [6.45, 7) is 2.52. The molecule has 1 amide bonds. The fraction of sp³-hybridized carbons (Fsp3) is 0.615. The van der Waals surface area contributed by atoms with E-state index in [1.54, 1.807) is 0 Å². The quantitative estimate of drug-likeness (QED) is 0.875. The third-order valence-corrected chi connectivity index (χ3v) is 3.23. The van der Waals surface area contributed by atoms with Gasteiger partial charge in [0.2, 0.25) is 0 Å². The van der Waals surface area contributed by atoms with Gasteiger partial charge < -0.3 is 5.32 Å². The smallest absolute Gasteiger partial charge is 0.271 e. The zero-order valence-corrected chi connectivity index (χ0v) is 10.7. The van der Waals surface area contributed by atoms with Crippen molar-refractivity contribution in [3.05, 3.63) is 28.2 Å². The zero-order chi connectivity index (χ0) is 13.0. The van der Waals surface area contributed by atoms with Crippen LogP contribution >= 0.6 is 0 Å². The second-order valence-electron chi connectivity index (χ2n) is 4.73. The highest BCUT2D eigenvalue weighted by molar-refractivity contribution is 5.92. The summed E-state index contributed by atoms with van der Waals surface area (Å²) in [5.41, 5.74) is 0.171. The number of amides is 1. The van der Waals surface area contributed by atoms with E-state index in [4.69, 9.17) is 0 Å². The summed E-state index contributed by atoms with van der Waals surface area (Å²) in [4.78, 5) is 23.5. The number of nitrogens with zero attached hydrogens (tertiary/aromatic N) is 2. The summed E-state index contributed by atoms with van der Waals surface area (Å²) in [5, 5.41) is 7.06. The predicted octanol–water partition coefficient (Wildman–Crippen LogP) is 1.33. The highest BCUT2D eigenvalue weighted by atomic mass is 16.2. The Labute approximate surface area is 106 Å². The number of aryl methyl sites for hydroxylation is 1. The minimum Gasteiger partial charge on any atom is -0.348 e. The van der Waals surface area contributed by atoms with Crippen LogP contribution in [-0.4, -0.2) is 21.7 Å². The molecule has 0 radical (unpaired) electrons. The molecule has 0 spiro atoms. The summed E-state index contributed by atoms with van der Waals surface area (Å²) in [7, 11) is 0. The molecule has 1 aromatic heterocycles. The number of carbonyl (C=O) groups is 1. The normalized spacial score (nSPS) is 15.8. The van der Waals surface area contributed by atoms with E-state index in [-0.39, 0.29) is 17.5 Å².